The molecule has 1 aromatic carbocycles. The molecule has 2 fully saturated rings. The molecule has 6 nitrogen and oxygen atoms in total. The van der Waals surface area contributed by atoms with Gasteiger partial charge in [0.25, 0.3) is 0 Å². The smallest absolute Gasteiger partial charge is 0.235 e. The Morgan fingerprint density at radius 1 is 1.32 bits per heavy atom. The van der Waals surface area contributed by atoms with Crippen molar-refractivity contribution in [1.82, 2.24) is 15.1 Å². The number of para-hydroxylation sites is 1. The molecule has 2 saturated heterocycles. The molecule has 0 spiro atoms. The second-order valence-electron chi connectivity index (χ2n) is 6.00. The topological polar surface area (TPSA) is 73.2 Å². The third-order valence-corrected chi connectivity index (χ3v) is 4.49. The molecule has 1 atom stereocenters. The van der Waals surface area contributed by atoms with E-state index in [4.69, 9.17) is 9.84 Å². The first kappa shape index (κ1) is 13.5. The van der Waals surface area contributed by atoms with Gasteiger partial charge < -0.3 is 4.74 Å². The number of ether oxygens (including phenoxy) is 1. The molecule has 22 heavy (non-hydrogen) atoms. The Hall–Kier alpha value is -2.21. The molecule has 2 amide bonds. The van der Waals surface area contributed by atoms with Crippen LogP contribution < -0.4 is 5.32 Å². The van der Waals surface area contributed by atoms with Crippen LogP contribution in [0.3, 0.4) is 0 Å². The zero-order chi connectivity index (χ0) is 15.3. The Kier molecular flexibility index (Phi) is 3.00. The van der Waals surface area contributed by atoms with Crippen LogP contribution in [-0.4, -0.2) is 34.8 Å². The quantitative estimate of drug-likeness (QED) is 0.852. The number of amides is 2. The predicted octanol–water partition coefficient (Wildman–Crippen LogP) is 1.44. The predicted molar refractivity (Wildman–Crippen MR) is 79.5 cm³/mol. The summed E-state index contributed by atoms with van der Waals surface area (Å²) in [5.74, 6) is -0.799. The van der Waals surface area contributed by atoms with Gasteiger partial charge in [0.1, 0.15) is 0 Å². The number of aryl methyl sites for hydroxylation is 1. The highest BCUT2D eigenvalue weighted by molar-refractivity contribution is 6.02. The number of carbonyl (C=O) groups is 2. The van der Waals surface area contributed by atoms with Crippen LogP contribution in [0.4, 0.5) is 0 Å². The van der Waals surface area contributed by atoms with E-state index >= 15 is 0 Å². The van der Waals surface area contributed by atoms with Crippen molar-refractivity contribution in [2.75, 3.05) is 13.2 Å². The van der Waals surface area contributed by atoms with Crippen molar-refractivity contribution in [3.05, 3.63) is 29.5 Å². The van der Waals surface area contributed by atoms with Gasteiger partial charge in [-0.1, -0.05) is 18.2 Å². The third-order valence-electron chi connectivity index (χ3n) is 4.49. The number of nitrogens with one attached hydrogen (secondary N) is 1. The second-order valence-corrected chi connectivity index (χ2v) is 6.00. The Morgan fingerprint density at radius 3 is 2.82 bits per heavy atom. The van der Waals surface area contributed by atoms with Gasteiger partial charge in [-0.15, -0.1) is 0 Å². The number of hydrogen-bond donors (Lipinski definition) is 1. The van der Waals surface area contributed by atoms with Gasteiger partial charge in [-0.25, -0.2) is 0 Å². The van der Waals surface area contributed by atoms with E-state index in [0.717, 1.165) is 22.2 Å². The molecule has 0 bridgehead atoms. The van der Waals surface area contributed by atoms with Crippen LogP contribution >= 0.6 is 0 Å². The summed E-state index contributed by atoms with van der Waals surface area (Å²) in [6.45, 7) is 3.36. The normalized spacial score (nSPS) is 22.7. The summed E-state index contributed by atoms with van der Waals surface area (Å²) in [6, 6.07) is 6.26. The lowest BCUT2D eigenvalue weighted by Crippen LogP contribution is -2.39. The van der Waals surface area contributed by atoms with Crippen molar-refractivity contribution < 1.29 is 14.3 Å². The molecule has 0 radical (unpaired) electrons. The fourth-order valence-electron chi connectivity index (χ4n) is 3.23. The van der Waals surface area contributed by atoms with Crippen LogP contribution in [0.15, 0.2) is 18.2 Å². The monoisotopic (exact) mass is 299 g/mol. The van der Waals surface area contributed by atoms with E-state index in [1.54, 1.807) is 0 Å². The number of hydrogen-bond acceptors (Lipinski definition) is 4. The molecule has 0 saturated carbocycles. The first-order valence-electron chi connectivity index (χ1n) is 7.54. The highest BCUT2D eigenvalue weighted by Gasteiger charge is 2.33. The number of carbonyl (C=O) groups excluding carboxylic acids is 2. The molecule has 6 heteroatoms. The lowest BCUT2D eigenvalue weighted by molar-refractivity contribution is -0.134. The van der Waals surface area contributed by atoms with Crippen molar-refractivity contribution >= 4 is 22.7 Å². The molecule has 3 heterocycles. The lowest BCUT2D eigenvalue weighted by Gasteiger charge is -2.27. The third kappa shape index (κ3) is 1.94. The minimum Gasteiger partial charge on any atom is -0.377 e. The zero-order valence-corrected chi connectivity index (χ0v) is 12.3. The number of nitrogens with zero attached hydrogens (tertiary/aromatic N) is 2. The first-order valence-corrected chi connectivity index (χ1v) is 7.54. The Bertz CT molecular complexity index is 776. The average molecular weight is 299 g/mol. The van der Waals surface area contributed by atoms with E-state index in [-0.39, 0.29) is 23.8 Å². The number of fused-ring (bicyclic) bond motifs is 1. The fraction of sp³-hybridized carbons (Fsp3) is 0.438. The minimum atomic E-state index is -0.357. The van der Waals surface area contributed by atoms with Gasteiger partial charge in [-0.2, -0.15) is 5.10 Å². The molecular formula is C16H17N3O3. The molecule has 1 unspecified atom stereocenters. The maximum Gasteiger partial charge on any atom is 0.235 e. The van der Waals surface area contributed by atoms with Gasteiger partial charge in [0.15, 0.2) is 0 Å². The van der Waals surface area contributed by atoms with Gasteiger partial charge >= 0.3 is 0 Å². The van der Waals surface area contributed by atoms with Gasteiger partial charge in [0.05, 0.1) is 36.4 Å². The fourth-order valence-corrected chi connectivity index (χ4v) is 3.23. The second kappa shape index (κ2) is 4.91. The molecule has 2 aliphatic rings. The summed E-state index contributed by atoms with van der Waals surface area (Å²) >= 11 is 0. The Morgan fingerprint density at radius 2 is 2.14 bits per heavy atom. The molecule has 1 aromatic heterocycles. The summed E-state index contributed by atoms with van der Waals surface area (Å²) in [5, 5.41) is 8.16. The first-order chi connectivity index (χ1) is 10.6. The van der Waals surface area contributed by atoms with E-state index in [2.05, 4.69) is 5.32 Å². The molecule has 2 aliphatic heterocycles. The summed E-state index contributed by atoms with van der Waals surface area (Å²) in [5.41, 5.74) is 2.97. The standard InChI is InChI=1S/C16H17N3O3/c1-9-3-2-4-11-14(12-5-6-13(20)17-16(12)21)18-19(15(9)11)10-7-22-8-10/h2-4,10,12H,5-8H2,1H3,(H,17,20,21). The average Bonchev–Trinajstić information content (AvgIpc) is 2.78. The molecule has 1 N–H and O–H groups in total. The van der Waals surface area contributed by atoms with Crippen LogP contribution in [0, 0.1) is 6.92 Å². The summed E-state index contributed by atoms with van der Waals surface area (Å²) in [4.78, 5) is 23.6. The number of aromatic nitrogens is 2. The molecule has 114 valence electrons. The molecular weight excluding hydrogens is 282 g/mol. The van der Waals surface area contributed by atoms with E-state index < -0.39 is 0 Å². The van der Waals surface area contributed by atoms with Crippen LogP contribution in [0.2, 0.25) is 0 Å². The maximum atomic E-state index is 12.2. The lowest BCUT2D eigenvalue weighted by atomic mass is 9.92. The van der Waals surface area contributed by atoms with E-state index in [0.29, 0.717) is 26.1 Å². The van der Waals surface area contributed by atoms with Gasteiger partial charge in [0, 0.05) is 11.8 Å². The minimum absolute atomic E-state index is 0.200. The van der Waals surface area contributed by atoms with Gasteiger partial charge in [-0.3, -0.25) is 19.6 Å². The van der Waals surface area contributed by atoms with Gasteiger partial charge in [-0.05, 0) is 18.9 Å². The summed E-state index contributed by atoms with van der Waals surface area (Å²) in [7, 11) is 0. The van der Waals surface area contributed by atoms with Crippen LogP contribution in [0.1, 0.15) is 36.1 Å². The molecule has 4 rings (SSSR count). The summed E-state index contributed by atoms with van der Waals surface area (Å²) in [6.07, 6.45) is 0.884. The van der Waals surface area contributed by atoms with Crippen molar-refractivity contribution in [2.45, 2.75) is 31.7 Å². The van der Waals surface area contributed by atoms with Crippen LogP contribution in [0.25, 0.3) is 10.9 Å². The van der Waals surface area contributed by atoms with Crippen molar-refractivity contribution in [1.29, 1.82) is 0 Å². The molecule has 0 aliphatic carbocycles. The highest BCUT2D eigenvalue weighted by Crippen LogP contribution is 2.34. The van der Waals surface area contributed by atoms with E-state index in [1.165, 1.54) is 0 Å². The number of benzene rings is 1. The Balaban J connectivity index is 1.85. The van der Waals surface area contributed by atoms with E-state index in [9.17, 15) is 9.59 Å². The molecule has 2 aromatic rings. The van der Waals surface area contributed by atoms with E-state index in [1.807, 2.05) is 29.8 Å². The van der Waals surface area contributed by atoms with Crippen molar-refractivity contribution in [2.24, 2.45) is 0 Å². The number of piperidine rings is 1. The number of rotatable bonds is 2. The SMILES string of the molecule is Cc1cccc2c(C3CCC(=O)NC3=O)nn(C3COC3)c12. The Labute approximate surface area is 127 Å². The zero-order valence-electron chi connectivity index (χ0n) is 12.3. The highest BCUT2D eigenvalue weighted by atomic mass is 16.5. The van der Waals surface area contributed by atoms with Crippen LogP contribution in [0.5, 0.6) is 0 Å². The maximum absolute atomic E-state index is 12.2. The van der Waals surface area contributed by atoms with Gasteiger partial charge in [0.2, 0.25) is 11.8 Å². The summed E-state index contributed by atoms with van der Waals surface area (Å²) < 4.78 is 7.28. The van der Waals surface area contributed by atoms with Crippen molar-refractivity contribution in [3.8, 4) is 0 Å². The number of imide groups is 1. The largest absolute Gasteiger partial charge is 0.377 e. The van der Waals surface area contributed by atoms with Crippen molar-refractivity contribution in [3.63, 3.8) is 0 Å². The van der Waals surface area contributed by atoms with Crippen LogP contribution in [-0.2, 0) is 14.3 Å².